The molecule has 6 nitrogen and oxygen atoms in total. The van der Waals surface area contributed by atoms with Gasteiger partial charge in [0.05, 0.1) is 18.6 Å². The number of ether oxygens (including phenoxy) is 1. The number of imidazole rings is 1. The van der Waals surface area contributed by atoms with E-state index in [-0.39, 0.29) is 17.5 Å². The molecule has 0 bridgehead atoms. The Kier molecular flexibility index (Phi) is 6.16. The molecule has 0 atom stereocenters. The molecule has 0 fully saturated rings. The fraction of sp³-hybridized carbons (Fsp3) is 0.286. The first-order valence-corrected chi connectivity index (χ1v) is 10.6. The standard InChI is InChI=1S/C21H25N3O3S/c1-17(2)24(28(25,26)20-11-9-19(27-3)10-12-20)16-21-22-13-14-23(21)15-18-7-5-4-6-8-18/h4-14,17H,15-16H2,1-3H3. The van der Waals surface area contributed by atoms with E-state index in [9.17, 15) is 8.42 Å². The van der Waals surface area contributed by atoms with Crippen LogP contribution in [0.25, 0.3) is 0 Å². The Morgan fingerprint density at radius 2 is 1.75 bits per heavy atom. The summed E-state index contributed by atoms with van der Waals surface area (Å²) in [6, 6.07) is 16.3. The lowest BCUT2D eigenvalue weighted by Gasteiger charge is -2.26. The van der Waals surface area contributed by atoms with Gasteiger partial charge in [0.25, 0.3) is 0 Å². The average molecular weight is 400 g/mol. The molecule has 0 saturated carbocycles. The summed E-state index contributed by atoms with van der Waals surface area (Å²) in [7, 11) is -2.11. The molecule has 0 N–H and O–H groups in total. The maximum Gasteiger partial charge on any atom is 0.243 e. The maximum absolute atomic E-state index is 13.2. The minimum atomic E-state index is -3.67. The minimum absolute atomic E-state index is 0.200. The second kappa shape index (κ2) is 8.58. The third-order valence-corrected chi connectivity index (χ3v) is 6.57. The highest BCUT2D eigenvalue weighted by Gasteiger charge is 2.28. The van der Waals surface area contributed by atoms with Gasteiger partial charge in [0, 0.05) is 25.0 Å². The van der Waals surface area contributed by atoms with Crippen molar-refractivity contribution in [3.8, 4) is 5.75 Å². The minimum Gasteiger partial charge on any atom is -0.497 e. The summed E-state index contributed by atoms with van der Waals surface area (Å²) in [5, 5.41) is 0. The van der Waals surface area contributed by atoms with Crippen LogP contribution in [0.3, 0.4) is 0 Å². The second-order valence-electron chi connectivity index (χ2n) is 6.78. The van der Waals surface area contributed by atoms with Crippen molar-refractivity contribution in [1.29, 1.82) is 0 Å². The zero-order valence-corrected chi connectivity index (χ0v) is 17.1. The van der Waals surface area contributed by atoms with Crippen molar-refractivity contribution in [2.45, 2.75) is 37.9 Å². The number of hydrogen-bond donors (Lipinski definition) is 0. The maximum atomic E-state index is 13.2. The monoisotopic (exact) mass is 399 g/mol. The van der Waals surface area contributed by atoms with Gasteiger partial charge in [0.1, 0.15) is 11.6 Å². The molecule has 7 heteroatoms. The van der Waals surface area contributed by atoms with Gasteiger partial charge in [-0.2, -0.15) is 4.31 Å². The van der Waals surface area contributed by atoms with Crippen molar-refractivity contribution in [3.63, 3.8) is 0 Å². The topological polar surface area (TPSA) is 64.4 Å². The van der Waals surface area contributed by atoms with E-state index in [2.05, 4.69) is 4.98 Å². The molecule has 1 heterocycles. The predicted molar refractivity (Wildman–Crippen MR) is 109 cm³/mol. The second-order valence-corrected chi connectivity index (χ2v) is 8.67. The van der Waals surface area contributed by atoms with Crippen molar-refractivity contribution in [3.05, 3.63) is 78.4 Å². The van der Waals surface area contributed by atoms with E-state index < -0.39 is 10.0 Å². The molecule has 0 unspecified atom stereocenters. The average Bonchev–Trinajstić information content (AvgIpc) is 3.13. The first-order valence-electron chi connectivity index (χ1n) is 9.11. The van der Waals surface area contributed by atoms with Gasteiger partial charge in [-0.3, -0.25) is 0 Å². The zero-order valence-electron chi connectivity index (χ0n) is 16.3. The number of aromatic nitrogens is 2. The van der Waals surface area contributed by atoms with Crippen LogP contribution in [0.15, 0.2) is 71.9 Å². The lowest BCUT2D eigenvalue weighted by molar-refractivity contribution is 0.336. The molecule has 0 aliphatic heterocycles. The molecule has 0 spiro atoms. The van der Waals surface area contributed by atoms with E-state index >= 15 is 0 Å². The lowest BCUT2D eigenvalue weighted by atomic mass is 10.2. The Balaban J connectivity index is 1.87. The van der Waals surface area contributed by atoms with Gasteiger partial charge in [0.15, 0.2) is 0 Å². The molecule has 148 valence electrons. The Morgan fingerprint density at radius 3 is 2.36 bits per heavy atom. The lowest BCUT2D eigenvalue weighted by Crippen LogP contribution is -2.37. The quantitative estimate of drug-likeness (QED) is 0.581. The third kappa shape index (κ3) is 4.43. The fourth-order valence-electron chi connectivity index (χ4n) is 2.98. The van der Waals surface area contributed by atoms with E-state index in [1.807, 2.05) is 54.9 Å². The van der Waals surface area contributed by atoms with E-state index in [1.54, 1.807) is 37.6 Å². The molecular weight excluding hydrogens is 374 g/mol. The van der Waals surface area contributed by atoms with Gasteiger partial charge in [0.2, 0.25) is 10.0 Å². The number of methoxy groups -OCH3 is 1. The van der Waals surface area contributed by atoms with Crippen molar-refractivity contribution in [2.24, 2.45) is 0 Å². The summed E-state index contributed by atoms with van der Waals surface area (Å²) in [6.45, 7) is 4.58. The Bertz CT molecular complexity index is 997. The van der Waals surface area contributed by atoms with Gasteiger partial charge in [-0.05, 0) is 43.7 Å². The molecular formula is C21H25N3O3S. The van der Waals surface area contributed by atoms with Crippen molar-refractivity contribution in [1.82, 2.24) is 13.9 Å². The molecule has 28 heavy (non-hydrogen) atoms. The number of nitrogens with zero attached hydrogens (tertiary/aromatic N) is 3. The number of benzene rings is 2. The van der Waals surface area contributed by atoms with Crippen LogP contribution in [0, 0.1) is 0 Å². The summed E-state index contributed by atoms with van der Waals surface area (Å²) < 4.78 is 35.0. The molecule has 3 aromatic rings. The highest BCUT2D eigenvalue weighted by Crippen LogP contribution is 2.23. The van der Waals surface area contributed by atoms with Gasteiger partial charge in [-0.25, -0.2) is 13.4 Å². The smallest absolute Gasteiger partial charge is 0.243 e. The molecule has 0 aliphatic rings. The summed E-state index contributed by atoms with van der Waals surface area (Å²) in [6.07, 6.45) is 3.58. The molecule has 0 saturated heterocycles. The highest BCUT2D eigenvalue weighted by atomic mass is 32.2. The largest absolute Gasteiger partial charge is 0.497 e. The van der Waals surface area contributed by atoms with E-state index in [4.69, 9.17) is 4.74 Å². The van der Waals surface area contributed by atoms with Crippen molar-refractivity contribution >= 4 is 10.0 Å². The van der Waals surface area contributed by atoms with Crippen LogP contribution in [0.1, 0.15) is 25.2 Å². The number of hydrogen-bond acceptors (Lipinski definition) is 4. The van der Waals surface area contributed by atoms with Gasteiger partial charge < -0.3 is 9.30 Å². The van der Waals surface area contributed by atoms with Crippen LogP contribution < -0.4 is 4.74 Å². The van der Waals surface area contributed by atoms with Crippen molar-refractivity contribution < 1.29 is 13.2 Å². The molecule has 2 aromatic carbocycles. The zero-order chi connectivity index (χ0) is 20.1. The number of sulfonamides is 1. The van der Waals surface area contributed by atoms with E-state index in [0.29, 0.717) is 18.1 Å². The number of rotatable bonds is 8. The Hall–Kier alpha value is -2.64. The molecule has 0 aliphatic carbocycles. The summed E-state index contributed by atoms with van der Waals surface area (Å²) in [5.74, 6) is 1.32. The molecule has 0 radical (unpaired) electrons. The van der Waals surface area contributed by atoms with Gasteiger partial charge in [-0.15, -0.1) is 0 Å². The normalized spacial score (nSPS) is 11.9. The van der Waals surface area contributed by atoms with E-state index in [0.717, 1.165) is 5.56 Å². The van der Waals surface area contributed by atoms with Crippen LogP contribution >= 0.6 is 0 Å². The van der Waals surface area contributed by atoms with E-state index in [1.165, 1.54) is 4.31 Å². The van der Waals surface area contributed by atoms with Crippen LogP contribution in [-0.4, -0.2) is 35.4 Å². The summed E-state index contributed by atoms with van der Waals surface area (Å²) >= 11 is 0. The van der Waals surface area contributed by atoms with Crippen LogP contribution in [-0.2, 0) is 23.1 Å². The van der Waals surface area contributed by atoms with Crippen LogP contribution in [0.4, 0.5) is 0 Å². The predicted octanol–water partition coefficient (Wildman–Crippen LogP) is 3.54. The summed E-state index contributed by atoms with van der Waals surface area (Å²) in [4.78, 5) is 4.65. The molecule has 0 amide bonds. The van der Waals surface area contributed by atoms with Gasteiger partial charge >= 0.3 is 0 Å². The SMILES string of the molecule is COc1ccc(S(=O)(=O)N(Cc2nccn2Cc2ccccc2)C(C)C)cc1. The molecule has 3 rings (SSSR count). The van der Waals surface area contributed by atoms with Crippen molar-refractivity contribution in [2.75, 3.05) is 7.11 Å². The van der Waals surface area contributed by atoms with Crippen LogP contribution in [0.5, 0.6) is 5.75 Å². The first kappa shape index (κ1) is 20.1. The van der Waals surface area contributed by atoms with Crippen LogP contribution in [0.2, 0.25) is 0 Å². The Labute approximate surface area is 166 Å². The highest BCUT2D eigenvalue weighted by molar-refractivity contribution is 7.89. The Morgan fingerprint density at radius 1 is 1.07 bits per heavy atom. The summed E-state index contributed by atoms with van der Waals surface area (Å²) in [5.41, 5.74) is 1.14. The fourth-order valence-corrected chi connectivity index (χ4v) is 4.57. The third-order valence-electron chi connectivity index (χ3n) is 4.54. The molecule has 1 aromatic heterocycles. The van der Waals surface area contributed by atoms with Gasteiger partial charge in [-0.1, -0.05) is 30.3 Å². The first-order chi connectivity index (χ1) is 13.4.